The third-order valence-electron chi connectivity index (χ3n) is 6.95. The van der Waals surface area contributed by atoms with E-state index in [4.69, 9.17) is 4.65 Å². The van der Waals surface area contributed by atoms with E-state index in [1.807, 2.05) is 36.4 Å². The molecule has 0 aliphatic heterocycles. The van der Waals surface area contributed by atoms with Crippen molar-refractivity contribution in [1.82, 2.24) is 0 Å². The number of benzene rings is 4. The van der Waals surface area contributed by atoms with Crippen LogP contribution in [0.4, 0.5) is 20.0 Å². The van der Waals surface area contributed by atoms with Gasteiger partial charge in [-0.15, -0.1) is 0 Å². The lowest BCUT2D eigenvalue weighted by molar-refractivity contribution is 0.104. The quantitative estimate of drug-likeness (QED) is 0.0883. The monoisotopic (exact) mass is 514 g/mol. The standard InChI is InChI=1S/C31H33BF2N2O2/c1-5-35(6-2)28-15-13-22-17-26(11-9-24(22)19-28)30(37)21-31(38-32(33)34)27-12-10-25-20-29(36(7-3)8-4)16-14-23(25)18-27/h9-21H,5-8H2,1-4H3/b31-21-. The number of carbonyl (C=O) groups excluding carboxylic acids is 1. The fraction of sp³-hybridized carbons (Fsp3) is 0.258. The fourth-order valence-electron chi connectivity index (χ4n) is 4.83. The molecule has 7 heteroatoms. The zero-order valence-corrected chi connectivity index (χ0v) is 22.4. The molecule has 196 valence electrons. The SMILES string of the molecule is CCN(CC)c1ccc2cc(C(=O)/C=C(\OB(F)F)c3ccc4cc(N(CC)CC)ccc4c3)ccc2c1. The average Bonchev–Trinajstić information content (AvgIpc) is 2.93. The summed E-state index contributed by atoms with van der Waals surface area (Å²) in [5.74, 6) is -0.552. The van der Waals surface area contributed by atoms with Gasteiger partial charge in [-0.2, -0.15) is 0 Å². The zero-order chi connectivity index (χ0) is 27.2. The van der Waals surface area contributed by atoms with Gasteiger partial charge < -0.3 is 14.5 Å². The third kappa shape index (κ3) is 5.99. The summed E-state index contributed by atoms with van der Waals surface area (Å²) in [4.78, 5) is 17.7. The maximum atomic E-state index is 13.3. The summed E-state index contributed by atoms with van der Waals surface area (Å²) < 4.78 is 31.5. The number of hydrogen-bond donors (Lipinski definition) is 0. The lowest BCUT2D eigenvalue weighted by Gasteiger charge is -2.21. The first-order chi connectivity index (χ1) is 18.4. The highest BCUT2D eigenvalue weighted by Crippen LogP contribution is 2.28. The minimum absolute atomic E-state index is 0.156. The molecule has 0 amide bonds. The van der Waals surface area contributed by atoms with Crippen molar-refractivity contribution in [2.24, 2.45) is 0 Å². The molecule has 0 aliphatic carbocycles. The largest absolute Gasteiger partial charge is 0.796 e. The predicted molar refractivity (Wildman–Crippen MR) is 156 cm³/mol. The molecule has 0 aromatic heterocycles. The normalized spacial score (nSPS) is 11.6. The van der Waals surface area contributed by atoms with Crippen LogP contribution in [0.2, 0.25) is 0 Å². The molecular weight excluding hydrogens is 481 g/mol. The summed E-state index contributed by atoms with van der Waals surface area (Å²) in [7, 11) is -3.05. The van der Waals surface area contributed by atoms with E-state index in [9.17, 15) is 13.4 Å². The average molecular weight is 514 g/mol. The Balaban J connectivity index is 1.66. The molecular formula is C31H33BF2N2O2. The topological polar surface area (TPSA) is 32.8 Å². The van der Waals surface area contributed by atoms with Gasteiger partial charge in [-0.05, 0) is 85.6 Å². The van der Waals surface area contributed by atoms with Gasteiger partial charge in [0, 0.05) is 54.8 Å². The Labute approximate surface area is 223 Å². The summed E-state index contributed by atoms with van der Waals surface area (Å²) in [6.07, 6.45) is 1.16. The van der Waals surface area contributed by atoms with Crippen LogP contribution < -0.4 is 9.80 Å². The number of allylic oxidation sites excluding steroid dienone is 1. The summed E-state index contributed by atoms with van der Waals surface area (Å²) in [6, 6.07) is 22.9. The van der Waals surface area contributed by atoms with Crippen LogP contribution in [0, 0.1) is 0 Å². The van der Waals surface area contributed by atoms with E-state index in [-0.39, 0.29) is 5.76 Å². The molecule has 0 atom stereocenters. The van der Waals surface area contributed by atoms with Gasteiger partial charge in [0.05, 0.1) is 0 Å². The smallest absolute Gasteiger partial charge is 0.505 e. The van der Waals surface area contributed by atoms with E-state index in [2.05, 4.69) is 49.6 Å². The second-order valence-electron chi connectivity index (χ2n) is 9.09. The van der Waals surface area contributed by atoms with Gasteiger partial charge in [-0.25, -0.2) is 8.63 Å². The Morgan fingerprint density at radius 2 is 1.11 bits per heavy atom. The molecule has 0 unspecified atom stereocenters. The number of nitrogens with zero attached hydrogens (tertiary/aromatic N) is 2. The number of rotatable bonds is 11. The molecule has 4 rings (SSSR count). The molecule has 0 saturated carbocycles. The van der Waals surface area contributed by atoms with E-state index in [1.165, 1.54) is 0 Å². The Morgan fingerprint density at radius 3 is 1.58 bits per heavy atom. The number of carbonyl (C=O) groups is 1. The lowest BCUT2D eigenvalue weighted by atomic mass is 10.0. The molecule has 0 fully saturated rings. The molecule has 38 heavy (non-hydrogen) atoms. The van der Waals surface area contributed by atoms with Gasteiger partial charge in [0.1, 0.15) is 5.76 Å². The maximum absolute atomic E-state index is 13.3. The van der Waals surface area contributed by atoms with E-state index >= 15 is 0 Å². The molecule has 4 nitrogen and oxygen atoms in total. The van der Waals surface area contributed by atoms with Crippen molar-refractivity contribution in [3.05, 3.63) is 90.0 Å². The molecule has 0 N–H and O–H groups in total. The van der Waals surface area contributed by atoms with E-state index in [0.717, 1.165) is 65.2 Å². The van der Waals surface area contributed by atoms with Crippen LogP contribution in [0.25, 0.3) is 27.3 Å². The van der Waals surface area contributed by atoms with Crippen molar-refractivity contribution < 1.29 is 18.1 Å². The molecule has 4 aromatic carbocycles. The summed E-state index contributed by atoms with van der Waals surface area (Å²) in [5, 5.41) is 3.78. The van der Waals surface area contributed by atoms with Gasteiger partial charge in [0.25, 0.3) is 0 Å². The Bertz CT molecular complexity index is 1460. The van der Waals surface area contributed by atoms with Crippen molar-refractivity contribution >= 4 is 51.9 Å². The minimum atomic E-state index is -3.05. The number of hydrogen-bond acceptors (Lipinski definition) is 4. The Morgan fingerprint density at radius 1 is 0.684 bits per heavy atom. The Hall–Kier alpha value is -3.87. The van der Waals surface area contributed by atoms with Gasteiger partial charge >= 0.3 is 7.47 Å². The van der Waals surface area contributed by atoms with E-state index < -0.39 is 13.3 Å². The second-order valence-corrected chi connectivity index (χ2v) is 9.09. The van der Waals surface area contributed by atoms with Crippen LogP contribution in [0.3, 0.4) is 0 Å². The van der Waals surface area contributed by atoms with Crippen molar-refractivity contribution in [3.8, 4) is 0 Å². The highest BCUT2D eigenvalue weighted by Gasteiger charge is 2.22. The molecule has 0 bridgehead atoms. The summed E-state index contributed by atoms with van der Waals surface area (Å²) in [5.41, 5.74) is 3.06. The summed E-state index contributed by atoms with van der Waals surface area (Å²) >= 11 is 0. The van der Waals surface area contributed by atoms with Crippen LogP contribution in [-0.2, 0) is 4.65 Å². The van der Waals surface area contributed by atoms with Crippen LogP contribution in [-0.4, -0.2) is 39.4 Å². The van der Waals surface area contributed by atoms with E-state index in [0.29, 0.717) is 11.1 Å². The molecule has 4 aromatic rings. The first-order valence-electron chi connectivity index (χ1n) is 13.2. The van der Waals surface area contributed by atoms with Gasteiger partial charge in [-0.1, -0.05) is 36.4 Å². The maximum Gasteiger partial charge on any atom is 0.796 e. The van der Waals surface area contributed by atoms with Gasteiger partial charge in [-0.3, -0.25) is 4.79 Å². The highest BCUT2D eigenvalue weighted by atomic mass is 19.2. The Kier molecular flexibility index (Phi) is 8.67. The van der Waals surface area contributed by atoms with Crippen LogP contribution in [0.15, 0.2) is 78.9 Å². The highest BCUT2D eigenvalue weighted by molar-refractivity contribution is 6.36. The minimum Gasteiger partial charge on any atom is -0.505 e. The van der Waals surface area contributed by atoms with Crippen LogP contribution in [0.5, 0.6) is 0 Å². The predicted octanol–water partition coefficient (Wildman–Crippen LogP) is 7.85. The van der Waals surface area contributed by atoms with Crippen molar-refractivity contribution in [2.75, 3.05) is 36.0 Å². The summed E-state index contributed by atoms with van der Waals surface area (Å²) in [6.45, 7) is 12.0. The van der Waals surface area contributed by atoms with Crippen molar-refractivity contribution in [1.29, 1.82) is 0 Å². The van der Waals surface area contributed by atoms with Crippen molar-refractivity contribution in [2.45, 2.75) is 27.7 Å². The van der Waals surface area contributed by atoms with Crippen molar-refractivity contribution in [3.63, 3.8) is 0 Å². The molecule has 0 saturated heterocycles. The number of ketones is 1. The first-order valence-corrected chi connectivity index (χ1v) is 13.2. The first kappa shape index (κ1) is 27.2. The molecule has 0 heterocycles. The number of fused-ring (bicyclic) bond motifs is 2. The molecule has 0 radical (unpaired) electrons. The van der Waals surface area contributed by atoms with Gasteiger partial charge in [0.2, 0.25) is 0 Å². The van der Waals surface area contributed by atoms with E-state index in [1.54, 1.807) is 24.3 Å². The second kappa shape index (κ2) is 12.1. The zero-order valence-electron chi connectivity index (χ0n) is 22.4. The third-order valence-corrected chi connectivity index (χ3v) is 6.95. The lowest BCUT2D eigenvalue weighted by Crippen LogP contribution is -2.21. The number of halogens is 2. The van der Waals surface area contributed by atoms with Crippen LogP contribution >= 0.6 is 0 Å². The van der Waals surface area contributed by atoms with Crippen LogP contribution in [0.1, 0.15) is 43.6 Å². The molecule has 0 spiro atoms. The number of anilines is 2. The van der Waals surface area contributed by atoms with Gasteiger partial charge in [0.15, 0.2) is 5.78 Å². The molecule has 0 aliphatic rings. The fourth-order valence-corrected chi connectivity index (χ4v) is 4.83.